The first kappa shape index (κ1) is 14.2. The molecule has 7 heteroatoms. The van der Waals surface area contributed by atoms with E-state index < -0.39 is 17.9 Å². The van der Waals surface area contributed by atoms with Gasteiger partial charge >= 0.3 is 6.36 Å². The van der Waals surface area contributed by atoms with E-state index in [1.807, 2.05) is 0 Å². The molecule has 1 aliphatic heterocycles. The molecule has 0 bridgehead atoms. The number of hydrogen-bond donors (Lipinski definition) is 0. The van der Waals surface area contributed by atoms with Gasteiger partial charge in [0.1, 0.15) is 0 Å². The third kappa shape index (κ3) is 3.02. The summed E-state index contributed by atoms with van der Waals surface area (Å²) in [6, 6.07) is 2.83. The topological polar surface area (TPSA) is 29.5 Å². The van der Waals surface area contributed by atoms with Crippen LogP contribution in [0.4, 0.5) is 23.2 Å². The van der Waals surface area contributed by atoms with E-state index in [-0.39, 0.29) is 30.5 Å². The van der Waals surface area contributed by atoms with Crippen LogP contribution in [0, 0.1) is 24.1 Å². The van der Waals surface area contributed by atoms with Gasteiger partial charge in [-0.1, -0.05) is 0 Å². The molecule has 20 heavy (non-hydrogen) atoms. The lowest BCUT2D eigenvalue weighted by molar-refractivity contribution is -0.275. The van der Waals surface area contributed by atoms with E-state index in [4.69, 9.17) is 6.42 Å². The Labute approximate surface area is 112 Å². The van der Waals surface area contributed by atoms with E-state index >= 15 is 0 Å². The van der Waals surface area contributed by atoms with Crippen LogP contribution in [-0.4, -0.2) is 18.8 Å². The lowest BCUT2D eigenvalue weighted by atomic mass is 10.1. The SMILES string of the molecule is C#CC1CC(=O)N(c2ccc(OC(F)(F)F)c(F)c2)C1. The van der Waals surface area contributed by atoms with Gasteiger partial charge in [0.25, 0.3) is 0 Å². The van der Waals surface area contributed by atoms with Gasteiger partial charge in [0, 0.05) is 30.6 Å². The molecule has 0 N–H and O–H groups in total. The maximum Gasteiger partial charge on any atom is 0.573 e. The Balaban J connectivity index is 2.22. The van der Waals surface area contributed by atoms with Crippen molar-refractivity contribution in [2.45, 2.75) is 12.8 Å². The monoisotopic (exact) mass is 287 g/mol. The van der Waals surface area contributed by atoms with Crippen molar-refractivity contribution in [1.29, 1.82) is 0 Å². The number of nitrogens with zero attached hydrogens (tertiary/aromatic N) is 1. The molecule has 0 spiro atoms. The Bertz CT molecular complexity index is 577. The fourth-order valence-electron chi connectivity index (χ4n) is 1.93. The summed E-state index contributed by atoms with van der Waals surface area (Å²) in [6.07, 6.45) is 0.378. The number of carbonyl (C=O) groups excluding carboxylic acids is 1. The molecule has 1 amide bonds. The first-order valence-corrected chi connectivity index (χ1v) is 5.62. The Morgan fingerprint density at radius 1 is 1.40 bits per heavy atom. The molecular weight excluding hydrogens is 278 g/mol. The van der Waals surface area contributed by atoms with Crippen LogP contribution in [-0.2, 0) is 4.79 Å². The number of alkyl halides is 3. The molecule has 1 atom stereocenters. The molecule has 1 aliphatic rings. The van der Waals surface area contributed by atoms with E-state index in [1.165, 1.54) is 11.0 Å². The second kappa shape index (κ2) is 5.04. The molecule has 106 valence electrons. The van der Waals surface area contributed by atoms with Crippen molar-refractivity contribution in [3.63, 3.8) is 0 Å². The first-order valence-electron chi connectivity index (χ1n) is 5.62. The second-order valence-electron chi connectivity index (χ2n) is 4.23. The zero-order valence-electron chi connectivity index (χ0n) is 10.1. The quantitative estimate of drug-likeness (QED) is 0.618. The van der Waals surface area contributed by atoms with Gasteiger partial charge in [0.05, 0.1) is 0 Å². The largest absolute Gasteiger partial charge is 0.573 e. The lowest BCUT2D eigenvalue weighted by Crippen LogP contribution is -2.24. The summed E-state index contributed by atoms with van der Waals surface area (Å²) < 4.78 is 53.1. The molecule has 0 radical (unpaired) electrons. The van der Waals surface area contributed by atoms with Crippen molar-refractivity contribution in [2.75, 3.05) is 11.4 Å². The number of carbonyl (C=O) groups is 1. The van der Waals surface area contributed by atoms with Crippen molar-refractivity contribution in [2.24, 2.45) is 5.92 Å². The average Bonchev–Trinajstić information content (AvgIpc) is 2.72. The molecule has 1 aromatic carbocycles. The molecule has 0 aromatic heterocycles. The Morgan fingerprint density at radius 3 is 2.60 bits per heavy atom. The average molecular weight is 287 g/mol. The number of halogens is 4. The summed E-state index contributed by atoms with van der Waals surface area (Å²) in [7, 11) is 0. The minimum atomic E-state index is -4.97. The molecule has 3 nitrogen and oxygen atoms in total. The van der Waals surface area contributed by atoms with Crippen LogP contribution in [0.3, 0.4) is 0 Å². The number of terminal acetylenes is 1. The summed E-state index contributed by atoms with van der Waals surface area (Å²) in [5.41, 5.74) is 0.153. The number of hydrogen-bond acceptors (Lipinski definition) is 2. The Hall–Kier alpha value is -2.23. The molecule has 0 saturated carbocycles. The fraction of sp³-hybridized carbons (Fsp3) is 0.308. The van der Waals surface area contributed by atoms with Crippen molar-refractivity contribution in [3.8, 4) is 18.1 Å². The highest BCUT2D eigenvalue weighted by Crippen LogP contribution is 2.31. The van der Waals surface area contributed by atoms with E-state index in [2.05, 4.69) is 10.7 Å². The Kier molecular flexibility index (Phi) is 3.57. The van der Waals surface area contributed by atoms with Crippen LogP contribution >= 0.6 is 0 Å². The van der Waals surface area contributed by atoms with Crippen LogP contribution in [0.2, 0.25) is 0 Å². The van der Waals surface area contributed by atoms with Crippen LogP contribution in [0.15, 0.2) is 18.2 Å². The molecule has 1 aromatic rings. The number of rotatable bonds is 2. The minimum absolute atomic E-state index is 0.138. The molecule has 2 rings (SSSR count). The Morgan fingerprint density at radius 2 is 2.10 bits per heavy atom. The third-order valence-corrected chi connectivity index (χ3v) is 2.81. The number of amides is 1. The molecule has 1 fully saturated rings. The number of benzene rings is 1. The highest BCUT2D eigenvalue weighted by atomic mass is 19.4. The van der Waals surface area contributed by atoms with Gasteiger partial charge in [-0.2, -0.15) is 0 Å². The van der Waals surface area contributed by atoms with Crippen molar-refractivity contribution in [1.82, 2.24) is 0 Å². The molecule has 1 saturated heterocycles. The zero-order chi connectivity index (χ0) is 14.9. The minimum Gasteiger partial charge on any atom is -0.403 e. The van der Waals surface area contributed by atoms with Gasteiger partial charge in [-0.25, -0.2) is 4.39 Å². The zero-order valence-corrected chi connectivity index (χ0v) is 10.1. The second-order valence-corrected chi connectivity index (χ2v) is 4.23. The predicted molar refractivity (Wildman–Crippen MR) is 62.4 cm³/mol. The van der Waals surface area contributed by atoms with Gasteiger partial charge in [-0.15, -0.1) is 25.5 Å². The highest BCUT2D eigenvalue weighted by Gasteiger charge is 2.33. The van der Waals surface area contributed by atoms with Gasteiger partial charge in [0.15, 0.2) is 11.6 Å². The van der Waals surface area contributed by atoms with Crippen LogP contribution < -0.4 is 9.64 Å². The highest BCUT2D eigenvalue weighted by molar-refractivity contribution is 5.96. The maximum absolute atomic E-state index is 13.5. The maximum atomic E-state index is 13.5. The predicted octanol–water partition coefficient (Wildman–Crippen LogP) is 2.71. The normalized spacial score (nSPS) is 19.1. The summed E-state index contributed by atoms with van der Waals surface area (Å²) in [4.78, 5) is 12.9. The van der Waals surface area contributed by atoms with Gasteiger partial charge in [-0.05, 0) is 12.1 Å². The summed E-state index contributed by atoms with van der Waals surface area (Å²) in [5.74, 6) is -0.295. The van der Waals surface area contributed by atoms with E-state index in [0.29, 0.717) is 0 Å². The van der Waals surface area contributed by atoms with Gasteiger partial charge in [0.2, 0.25) is 5.91 Å². The smallest absolute Gasteiger partial charge is 0.403 e. The number of ether oxygens (including phenoxy) is 1. The molecular formula is C13H9F4NO2. The third-order valence-electron chi connectivity index (χ3n) is 2.81. The van der Waals surface area contributed by atoms with Gasteiger partial charge in [-0.3, -0.25) is 4.79 Å². The fourth-order valence-corrected chi connectivity index (χ4v) is 1.93. The van der Waals surface area contributed by atoms with Crippen molar-refractivity contribution >= 4 is 11.6 Å². The number of anilines is 1. The van der Waals surface area contributed by atoms with Gasteiger partial charge < -0.3 is 9.64 Å². The van der Waals surface area contributed by atoms with Crippen molar-refractivity contribution < 1.29 is 27.1 Å². The van der Waals surface area contributed by atoms with E-state index in [9.17, 15) is 22.4 Å². The van der Waals surface area contributed by atoms with Crippen LogP contribution in [0.1, 0.15) is 6.42 Å². The van der Waals surface area contributed by atoms with E-state index in [1.54, 1.807) is 0 Å². The van der Waals surface area contributed by atoms with Crippen LogP contribution in [0.25, 0.3) is 0 Å². The summed E-state index contributed by atoms with van der Waals surface area (Å²) in [6.45, 7) is 0.217. The van der Waals surface area contributed by atoms with E-state index in [0.717, 1.165) is 12.1 Å². The lowest BCUT2D eigenvalue weighted by Gasteiger charge is -2.17. The molecule has 1 heterocycles. The first-order chi connectivity index (χ1) is 9.30. The molecule has 1 unspecified atom stereocenters. The summed E-state index contributed by atoms with van der Waals surface area (Å²) in [5, 5.41) is 0. The molecule has 0 aliphatic carbocycles. The van der Waals surface area contributed by atoms with Crippen LogP contribution in [0.5, 0.6) is 5.75 Å². The van der Waals surface area contributed by atoms with Crippen molar-refractivity contribution in [3.05, 3.63) is 24.0 Å². The summed E-state index contributed by atoms with van der Waals surface area (Å²) >= 11 is 0. The standard InChI is InChI=1S/C13H9F4NO2/c1-2-8-5-12(19)18(7-8)9-3-4-11(10(14)6-9)20-13(15,16)17/h1,3-4,6,8H,5,7H2.